The average Bonchev–Trinajstić information content (AvgIpc) is 2.79. The van der Waals surface area contributed by atoms with Gasteiger partial charge in [-0.1, -0.05) is 19.1 Å². The minimum atomic E-state index is -0.128. The Labute approximate surface area is 113 Å². The summed E-state index contributed by atoms with van der Waals surface area (Å²) in [6.07, 6.45) is 2.13. The molecule has 102 valence electrons. The number of Topliss-reactive ketones (excluding diaryl/α,β-unsaturated/α-hetero) is 1. The molecule has 1 unspecified atom stereocenters. The van der Waals surface area contributed by atoms with E-state index in [0.29, 0.717) is 18.6 Å². The van der Waals surface area contributed by atoms with Crippen LogP contribution in [-0.4, -0.2) is 24.3 Å². The van der Waals surface area contributed by atoms with E-state index in [1.54, 1.807) is 6.07 Å². The Morgan fingerprint density at radius 2 is 2.21 bits per heavy atom. The summed E-state index contributed by atoms with van der Waals surface area (Å²) < 4.78 is 5.54. The summed E-state index contributed by atoms with van der Waals surface area (Å²) >= 11 is 0. The second-order valence-corrected chi connectivity index (χ2v) is 4.87. The van der Waals surface area contributed by atoms with Crippen molar-refractivity contribution in [2.75, 3.05) is 6.61 Å². The van der Waals surface area contributed by atoms with Gasteiger partial charge in [-0.3, -0.25) is 9.59 Å². The molecule has 19 heavy (non-hydrogen) atoms. The van der Waals surface area contributed by atoms with Crippen LogP contribution in [0.3, 0.4) is 0 Å². The van der Waals surface area contributed by atoms with E-state index < -0.39 is 0 Å². The molecule has 0 heterocycles. The first-order valence-corrected chi connectivity index (χ1v) is 6.69. The molecule has 0 aromatic heterocycles. The van der Waals surface area contributed by atoms with Crippen LogP contribution in [-0.2, 0) is 11.2 Å². The highest BCUT2D eigenvalue weighted by Gasteiger charge is 2.22. The molecule has 0 fully saturated rings. The maximum absolute atomic E-state index is 11.6. The molecule has 1 amide bonds. The fourth-order valence-electron chi connectivity index (χ4n) is 2.16. The van der Waals surface area contributed by atoms with E-state index in [2.05, 4.69) is 5.32 Å². The molecule has 0 bridgehead atoms. The van der Waals surface area contributed by atoms with Crippen LogP contribution in [0.1, 0.15) is 42.6 Å². The molecule has 1 N–H and O–H groups in total. The van der Waals surface area contributed by atoms with E-state index in [9.17, 15) is 9.59 Å². The summed E-state index contributed by atoms with van der Waals surface area (Å²) in [5, 5.41) is 2.85. The summed E-state index contributed by atoms with van der Waals surface area (Å²) in [6.45, 7) is 3.97. The van der Waals surface area contributed by atoms with E-state index >= 15 is 0 Å². The van der Waals surface area contributed by atoms with Crippen LogP contribution in [0.2, 0.25) is 0 Å². The number of ether oxygens (including phenoxy) is 1. The molecule has 4 heteroatoms. The van der Waals surface area contributed by atoms with Crippen molar-refractivity contribution in [2.45, 2.75) is 39.2 Å². The molecule has 1 aromatic carbocycles. The van der Waals surface area contributed by atoms with Gasteiger partial charge >= 0.3 is 0 Å². The highest BCUT2D eigenvalue weighted by Crippen LogP contribution is 2.30. The van der Waals surface area contributed by atoms with Gasteiger partial charge in [-0.2, -0.15) is 0 Å². The van der Waals surface area contributed by atoms with Crippen molar-refractivity contribution in [3.63, 3.8) is 0 Å². The Morgan fingerprint density at radius 1 is 1.42 bits per heavy atom. The monoisotopic (exact) mass is 261 g/mol. The molecule has 0 saturated carbocycles. The molecular formula is C15H19NO3. The lowest BCUT2D eigenvalue weighted by Crippen LogP contribution is -2.35. The minimum Gasteiger partial charge on any atom is -0.483 e. The Balaban J connectivity index is 1.98. The van der Waals surface area contributed by atoms with Crippen LogP contribution in [0.15, 0.2) is 18.2 Å². The maximum Gasteiger partial charge on any atom is 0.258 e. The normalized spacial score (nSPS) is 14.9. The summed E-state index contributed by atoms with van der Waals surface area (Å²) in [5.41, 5.74) is 1.67. The average molecular weight is 261 g/mol. The number of carbonyl (C=O) groups excluding carboxylic acids is 2. The van der Waals surface area contributed by atoms with Gasteiger partial charge in [0.05, 0.1) is 0 Å². The fraction of sp³-hybridized carbons (Fsp3) is 0.467. The van der Waals surface area contributed by atoms with Crippen LogP contribution in [0.25, 0.3) is 0 Å². The first-order valence-electron chi connectivity index (χ1n) is 6.69. The minimum absolute atomic E-state index is 0.00498. The van der Waals surface area contributed by atoms with Gasteiger partial charge in [0.1, 0.15) is 5.75 Å². The predicted molar refractivity (Wildman–Crippen MR) is 72.5 cm³/mol. The van der Waals surface area contributed by atoms with Crippen LogP contribution in [0.4, 0.5) is 0 Å². The second-order valence-electron chi connectivity index (χ2n) is 4.87. The fourth-order valence-corrected chi connectivity index (χ4v) is 2.16. The van der Waals surface area contributed by atoms with E-state index in [0.717, 1.165) is 17.5 Å². The third kappa shape index (κ3) is 3.13. The van der Waals surface area contributed by atoms with Gasteiger partial charge in [0.2, 0.25) is 0 Å². The highest BCUT2D eigenvalue weighted by molar-refractivity contribution is 6.01. The molecule has 0 radical (unpaired) electrons. The molecule has 4 nitrogen and oxygen atoms in total. The molecular weight excluding hydrogens is 242 g/mol. The largest absolute Gasteiger partial charge is 0.483 e. The first-order chi connectivity index (χ1) is 9.11. The molecule has 0 saturated heterocycles. The van der Waals surface area contributed by atoms with Crippen LogP contribution in [0.5, 0.6) is 5.75 Å². The standard InChI is InChI=1S/C15H19NO3/c1-3-10(2)16-15(18)9-19-14-6-4-5-11-12(14)7-8-13(11)17/h4-6,10H,3,7-9H2,1-2H3,(H,16,18). The van der Waals surface area contributed by atoms with Gasteiger partial charge in [0.25, 0.3) is 5.91 Å². The van der Waals surface area contributed by atoms with Crippen molar-refractivity contribution in [1.82, 2.24) is 5.32 Å². The number of hydrogen-bond acceptors (Lipinski definition) is 3. The molecule has 0 aliphatic heterocycles. The van der Waals surface area contributed by atoms with E-state index in [1.807, 2.05) is 26.0 Å². The van der Waals surface area contributed by atoms with Crippen LogP contribution >= 0.6 is 0 Å². The quantitative estimate of drug-likeness (QED) is 0.883. The van der Waals surface area contributed by atoms with Crippen molar-refractivity contribution in [3.8, 4) is 5.75 Å². The van der Waals surface area contributed by atoms with Gasteiger partial charge in [0, 0.05) is 23.6 Å². The lowest BCUT2D eigenvalue weighted by Gasteiger charge is -2.13. The number of ketones is 1. The van der Waals surface area contributed by atoms with Gasteiger partial charge < -0.3 is 10.1 Å². The molecule has 1 aromatic rings. The molecule has 2 rings (SSSR count). The SMILES string of the molecule is CCC(C)NC(=O)COc1cccc2c1CCC2=O. The number of rotatable bonds is 5. The Morgan fingerprint density at radius 3 is 2.95 bits per heavy atom. The third-order valence-electron chi connectivity index (χ3n) is 3.41. The first kappa shape index (κ1) is 13.6. The predicted octanol–water partition coefficient (Wildman–Crippen LogP) is 2.11. The smallest absolute Gasteiger partial charge is 0.258 e. The lowest BCUT2D eigenvalue weighted by atomic mass is 10.1. The maximum atomic E-state index is 11.6. The third-order valence-corrected chi connectivity index (χ3v) is 3.41. The summed E-state index contributed by atoms with van der Waals surface area (Å²) in [5.74, 6) is 0.684. The number of carbonyl (C=O) groups is 2. The highest BCUT2D eigenvalue weighted by atomic mass is 16.5. The van der Waals surface area contributed by atoms with Crippen molar-refractivity contribution in [1.29, 1.82) is 0 Å². The molecule has 1 aliphatic carbocycles. The van der Waals surface area contributed by atoms with Gasteiger partial charge in [-0.25, -0.2) is 0 Å². The molecule has 0 spiro atoms. The van der Waals surface area contributed by atoms with Crippen molar-refractivity contribution >= 4 is 11.7 Å². The number of nitrogens with one attached hydrogen (secondary N) is 1. The number of hydrogen-bond donors (Lipinski definition) is 1. The Bertz CT molecular complexity index is 496. The van der Waals surface area contributed by atoms with E-state index in [-0.39, 0.29) is 24.3 Å². The van der Waals surface area contributed by atoms with E-state index in [4.69, 9.17) is 4.74 Å². The zero-order valence-corrected chi connectivity index (χ0v) is 11.4. The van der Waals surface area contributed by atoms with Gasteiger partial charge in [0.15, 0.2) is 12.4 Å². The van der Waals surface area contributed by atoms with Crippen molar-refractivity contribution < 1.29 is 14.3 Å². The Hall–Kier alpha value is -1.84. The summed E-state index contributed by atoms with van der Waals surface area (Å²) in [7, 11) is 0. The second kappa shape index (κ2) is 5.87. The Kier molecular flexibility index (Phi) is 4.20. The number of benzene rings is 1. The molecule has 1 aliphatic rings. The zero-order valence-electron chi connectivity index (χ0n) is 11.4. The number of amides is 1. The zero-order chi connectivity index (χ0) is 13.8. The summed E-state index contributed by atoms with van der Waals surface area (Å²) in [6, 6.07) is 5.58. The number of fused-ring (bicyclic) bond motifs is 1. The topological polar surface area (TPSA) is 55.4 Å². The van der Waals surface area contributed by atoms with Crippen LogP contribution in [0, 0.1) is 0 Å². The van der Waals surface area contributed by atoms with Crippen LogP contribution < -0.4 is 10.1 Å². The molecule has 1 atom stereocenters. The lowest BCUT2D eigenvalue weighted by molar-refractivity contribution is -0.123. The van der Waals surface area contributed by atoms with Gasteiger partial charge in [-0.05, 0) is 25.8 Å². The van der Waals surface area contributed by atoms with Gasteiger partial charge in [-0.15, -0.1) is 0 Å². The van der Waals surface area contributed by atoms with Crippen molar-refractivity contribution in [2.24, 2.45) is 0 Å². The summed E-state index contributed by atoms with van der Waals surface area (Å²) in [4.78, 5) is 23.3. The van der Waals surface area contributed by atoms with Crippen molar-refractivity contribution in [3.05, 3.63) is 29.3 Å². The van der Waals surface area contributed by atoms with E-state index in [1.165, 1.54) is 0 Å².